The standard InChI is InChI=1S/C14H19N3OSi/c1-11(13-9-16-17-10-13)15-8-12-6-4-5-7-14(12)18-19(2)3/h4-7,9-10,19H,8H2,1-3H3,(H,16,17). The molecule has 1 aromatic carbocycles. The van der Waals surface area contributed by atoms with E-state index in [0.29, 0.717) is 6.54 Å². The van der Waals surface area contributed by atoms with Crippen LogP contribution in [0.5, 0.6) is 5.75 Å². The molecule has 1 aromatic heterocycles. The molecule has 100 valence electrons. The predicted octanol–water partition coefficient (Wildman–Crippen LogP) is 2.78. The summed E-state index contributed by atoms with van der Waals surface area (Å²) in [6.45, 7) is 6.95. The largest absolute Gasteiger partial charge is 0.547 e. The van der Waals surface area contributed by atoms with Gasteiger partial charge in [0.25, 0.3) is 0 Å². The zero-order valence-corrected chi connectivity index (χ0v) is 12.7. The minimum Gasteiger partial charge on any atom is -0.547 e. The number of hydrogen-bond donors (Lipinski definition) is 1. The predicted molar refractivity (Wildman–Crippen MR) is 80.4 cm³/mol. The van der Waals surface area contributed by atoms with Gasteiger partial charge in [-0.3, -0.25) is 10.1 Å². The third kappa shape index (κ3) is 3.79. The average Bonchev–Trinajstić information content (AvgIpc) is 2.90. The van der Waals surface area contributed by atoms with Crippen LogP contribution in [-0.4, -0.2) is 24.9 Å². The van der Waals surface area contributed by atoms with Crippen molar-refractivity contribution in [1.29, 1.82) is 0 Å². The van der Waals surface area contributed by atoms with Crippen LogP contribution in [0.15, 0.2) is 41.7 Å². The maximum Gasteiger partial charge on any atom is 0.229 e. The SMILES string of the molecule is CC(=NCc1ccccc1O[SiH](C)C)c1cn[nH]c1. The van der Waals surface area contributed by atoms with Crippen LogP contribution in [0.2, 0.25) is 13.1 Å². The number of rotatable bonds is 5. The number of H-pyrrole nitrogens is 1. The molecule has 19 heavy (non-hydrogen) atoms. The first-order chi connectivity index (χ1) is 9.16. The Bertz CT molecular complexity index is 550. The zero-order valence-electron chi connectivity index (χ0n) is 11.6. The molecule has 0 spiro atoms. The van der Waals surface area contributed by atoms with E-state index in [-0.39, 0.29) is 0 Å². The van der Waals surface area contributed by atoms with Gasteiger partial charge in [0.1, 0.15) is 5.75 Å². The number of hydrogen-bond acceptors (Lipinski definition) is 3. The minimum atomic E-state index is -1.09. The number of nitrogens with one attached hydrogen (secondary N) is 1. The van der Waals surface area contributed by atoms with Gasteiger partial charge in [-0.25, -0.2) is 0 Å². The van der Waals surface area contributed by atoms with Crippen LogP contribution in [0.1, 0.15) is 18.1 Å². The second-order valence-corrected chi connectivity index (χ2v) is 7.00. The summed E-state index contributed by atoms with van der Waals surface area (Å²) < 4.78 is 5.92. The second-order valence-electron chi connectivity index (χ2n) is 4.66. The van der Waals surface area contributed by atoms with Gasteiger partial charge in [0.2, 0.25) is 9.04 Å². The molecule has 0 aliphatic carbocycles. The van der Waals surface area contributed by atoms with E-state index >= 15 is 0 Å². The normalized spacial score (nSPS) is 11.9. The molecule has 2 rings (SSSR count). The topological polar surface area (TPSA) is 50.3 Å². The van der Waals surface area contributed by atoms with E-state index in [1.807, 2.05) is 31.3 Å². The zero-order chi connectivity index (χ0) is 13.7. The van der Waals surface area contributed by atoms with Gasteiger partial charge in [0.05, 0.1) is 12.7 Å². The molecular weight excluding hydrogens is 254 g/mol. The highest BCUT2D eigenvalue weighted by Crippen LogP contribution is 2.20. The quantitative estimate of drug-likeness (QED) is 0.672. The molecule has 1 heterocycles. The van der Waals surface area contributed by atoms with Crippen LogP contribution in [-0.2, 0) is 6.54 Å². The van der Waals surface area contributed by atoms with Gasteiger partial charge in [-0.1, -0.05) is 18.2 Å². The van der Waals surface area contributed by atoms with Gasteiger partial charge in [-0.05, 0) is 26.1 Å². The number of para-hydroxylation sites is 1. The summed E-state index contributed by atoms with van der Waals surface area (Å²) >= 11 is 0. The molecule has 5 heteroatoms. The molecule has 0 fully saturated rings. The molecule has 0 unspecified atom stereocenters. The van der Waals surface area contributed by atoms with E-state index < -0.39 is 9.04 Å². The molecule has 0 saturated heterocycles. The molecule has 0 aliphatic rings. The van der Waals surface area contributed by atoms with Gasteiger partial charge < -0.3 is 4.43 Å². The monoisotopic (exact) mass is 273 g/mol. The first-order valence-electron chi connectivity index (χ1n) is 6.41. The lowest BCUT2D eigenvalue weighted by Crippen LogP contribution is -2.12. The van der Waals surface area contributed by atoms with Crippen molar-refractivity contribution < 1.29 is 4.43 Å². The van der Waals surface area contributed by atoms with Crippen LogP contribution >= 0.6 is 0 Å². The van der Waals surface area contributed by atoms with E-state index in [1.54, 1.807) is 6.20 Å². The lowest BCUT2D eigenvalue weighted by atomic mass is 10.2. The fraction of sp³-hybridized carbons (Fsp3) is 0.286. The summed E-state index contributed by atoms with van der Waals surface area (Å²) in [5.41, 5.74) is 3.13. The van der Waals surface area contributed by atoms with Gasteiger partial charge in [-0.2, -0.15) is 5.10 Å². The van der Waals surface area contributed by atoms with Crippen LogP contribution in [0, 0.1) is 0 Å². The Morgan fingerprint density at radius 1 is 1.37 bits per heavy atom. The summed E-state index contributed by atoms with van der Waals surface area (Å²) in [7, 11) is -1.09. The van der Waals surface area contributed by atoms with E-state index in [9.17, 15) is 0 Å². The number of aromatic nitrogens is 2. The molecular formula is C14H19N3OSi. The molecule has 1 N–H and O–H groups in total. The molecule has 4 nitrogen and oxygen atoms in total. The van der Waals surface area contributed by atoms with Crippen LogP contribution in [0.4, 0.5) is 0 Å². The lowest BCUT2D eigenvalue weighted by Gasteiger charge is -2.13. The van der Waals surface area contributed by atoms with Crippen molar-refractivity contribution in [3.05, 3.63) is 47.8 Å². The van der Waals surface area contributed by atoms with Crippen molar-refractivity contribution in [2.45, 2.75) is 26.6 Å². The first kappa shape index (κ1) is 13.5. The summed E-state index contributed by atoms with van der Waals surface area (Å²) in [4.78, 5) is 4.60. The third-order valence-corrected chi connectivity index (χ3v) is 3.46. The maximum atomic E-state index is 5.92. The van der Waals surface area contributed by atoms with Crippen molar-refractivity contribution >= 4 is 14.8 Å². The highest BCUT2D eigenvalue weighted by Gasteiger charge is 2.05. The maximum absolute atomic E-state index is 5.92. The van der Waals surface area contributed by atoms with E-state index in [2.05, 4.69) is 34.4 Å². The highest BCUT2D eigenvalue weighted by atomic mass is 28.3. The minimum absolute atomic E-state index is 0.633. The fourth-order valence-corrected chi connectivity index (χ4v) is 2.48. The van der Waals surface area contributed by atoms with Crippen LogP contribution in [0.25, 0.3) is 0 Å². The lowest BCUT2D eigenvalue weighted by molar-refractivity contribution is 0.571. The summed E-state index contributed by atoms with van der Waals surface area (Å²) in [6, 6.07) is 8.11. The Labute approximate surface area is 115 Å². The highest BCUT2D eigenvalue weighted by molar-refractivity contribution is 6.49. The Morgan fingerprint density at radius 2 is 2.16 bits per heavy atom. The number of benzene rings is 1. The average molecular weight is 273 g/mol. The van der Waals surface area contributed by atoms with Crippen molar-refractivity contribution in [2.24, 2.45) is 4.99 Å². The van der Waals surface area contributed by atoms with E-state index in [1.165, 1.54) is 0 Å². The Morgan fingerprint density at radius 3 is 2.84 bits per heavy atom. The molecule has 0 saturated carbocycles. The fourth-order valence-electron chi connectivity index (χ4n) is 1.75. The van der Waals surface area contributed by atoms with Gasteiger partial charge in [0, 0.05) is 23.0 Å². The third-order valence-electron chi connectivity index (χ3n) is 2.74. The molecule has 0 bridgehead atoms. The summed E-state index contributed by atoms with van der Waals surface area (Å²) in [6.07, 6.45) is 3.63. The molecule has 0 amide bonds. The first-order valence-corrected chi connectivity index (χ1v) is 9.19. The van der Waals surface area contributed by atoms with Gasteiger partial charge in [0.15, 0.2) is 0 Å². The molecule has 0 aliphatic heterocycles. The summed E-state index contributed by atoms with van der Waals surface area (Å²) in [5, 5.41) is 6.73. The van der Waals surface area contributed by atoms with E-state index in [0.717, 1.165) is 22.6 Å². The molecule has 0 atom stereocenters. The number of nitrogens with zero attached hydrogens (tertiary/aromatic N) is 2. The second kappa shape index (κ2) is 6.33. The number of aromatic amines is 1. The van der Waals surface area contributed by atoms with Gasteiger partial charge in [-0.15, -0.1) is 0 Å². The Hall–Kier alpha value is -1.88. The van der Waals surface area contributed by atoms with Crippen molar-refractivity contribution in [3.8, 4) is 5.75 Å². The Balaban J connectivity index is 2.13. The molecule has 2 aromatic rings. The molecule has 0 radical (unpaired) electrons. The number of aliphatic imine (C=N–C) groups is 1. The van der Waals surface area contributed by atoms with E-state index in [4.69, 9.17) is 4.43 Å². The van der Waals surface area contributed by atoms with Gasteiger partial charge >= 0.3 is 0 Å². The smallest absolute Gasteiger partial charge is 0.229 e. The van der Waals surface area contributed by atoms with Crippen molar-refractivity contribution in [1.82, 2.24) is 10.2 Å². The van der Waals surface area contributed by atoms with Crippen LogP contribution in [0.3, 0.4) is 0 Å². The van der Waals surface area contributed by atoms with Crippen LogP contribution < -0.4 is 4.43 Å². The summed E-state index contributed by atoms with van der Waals surface area (Å²) in [5.74, 6) is 0.966. The Kier molecular flexibility index (Phi) is 4.51. The van der Waals surface area contributed by atoms with Crippen molar-refractivity contribution in [2.75, 3.05) is 0 Å². The van der Waals surface area contributed by atoms with Crippen molar-refractivity contribution in [3.63, 3.8) is 0 Å².